The Morgan fingerprint density at radius 3 is 2.52 bits per heavy atom. The Morgan fingerprint density at radius 2 is 1.82 bits per heavy atom. The zero-order chi connectivity index (χ0) is 23.4. The van der Waals surface area contributed by atoms with Crippen LogP contribution in [0.25, 0.3) is 17.2 Å². The number of hydrogen-bond acceptors (Lipinski definition) is 5. The molecule has 1 atom stereocenters. The Balaban J connectivity index is 1.54. The highest BCUT2D eigenvalue weighted by Crippen LogP contribution is 2.32. The number of benzene rings is 2. The van der Waals surface area contributed by atoms with Gasteiger partial charge in [-0.05, 0) is 54.2 Å². The largest absolute Gasteiger partial charge is 0.396 e. The predicted octanol–water partition coefficient (Wildman–Crippen LogP) is 3.11. The Hall–Kier alpha value is -3.45. The van der Waals surface area contributed by atoms with Gasteiger partial charge in [0.25, 0.3) is 5.91 Å². The van der Waals surface area contributed by atoms with Crippen molar-refractivity contribution in [3.8, 4) is 11.1 Å². The summed E-state index contributed by atoms with van der Waals surface area (Å²) in [6, 6.07) is 13.5. The highest BCUT2D eigenvalue weighted by atomic mass is 16.3. The minimum atomic E-state index is -0.205. The lowest BCUT2D eigenvalue weighted by Gasteiger charge is -2.15. The third kappa shape index (κ3) is 5.31. The van der Waals surface area contributed by atoms with Gasteiger partial charge >= 0.3 is 0 Å². The lowest BCUT2D eigenvalue weighted by molar-refractivity contribution is -0.117. The van der Waals surface area contributed by atoms with Crippen molar-refractivity contribution in [1.29, 1.82) is 0 Å². The van der Waals surface area contributed by atoms with Gasteiger partial charge in [0.15, 0.2) is 0 Å². The Bertz CT molecular complexity index is 1100. The van der Waals surface area contributed by atoms with Crippen LogP contribution in [0.5, 0.6) is 0 Å². The summed E-state index contributed by atoms with van der Waals surface area (Å²) in [6.07, 6.45) is 4.22. The van der Waals surface area contributed by atoms with Crippen LogP contribution in [0.2, 0.25) is 0 Å². The maximum atomic E-state index is 12.6. The summed E-state index contributed by atoms with van der Waals surface area (Å²) in [5, 5.41) is 12.0. The van der Waals surface area contributed by atoms with Gasteiger partial charge in [0.1, 0.15) is 5.84 Å². The fraction of sp³-hybridized carbons (Fsp3) is 0.346. The molecule has 2 aromatic rings. The summed E-state index contributed by atoms with van der Waals surface area (Å²) in [5.74, 6) is 0.235. The van der Waals surface area contributed by atoms with E-state index < -0.39 is 0 Å². The number of aliphatic imine (C=N–C) groups is 1. The Morgan fingerprint density at radius 1 is 1.12 bits per heavy atom. The Labute approximate surface area is 194 Å². The van der Waals surface area contributed by atoms with E-state index in [9.17, 15) is 9.59 Å². The van der Waals surface area contributed by atoms with Gasteiger partial charge in [-0.1, -0.05) is 31.2 Å². The number of rotatable bonds is 6. The molecular weight excluding hydrogens is 416 g/mol. The number of nitrogens with zero attached hydrogens (tertiary/aromatic N) is 2. The highest BCUT2D eigenvalue weighted by molar-refractivity contribution is 6.05. The molecule has 1 fully saturated rings. The van der Waals surface area contributed by atoms with Gasteiger partial charge in [-0.2, -0.15) is 0 Å². The summed E-state index contributed by atoms with van der Waals surface area (Å²) in [6.45, 7) is 3.94. The Kier molecular flexibility index (Phi) is 6.89. The second-order valence-electron chi connectivity index (χ2n) is 8.80. The molecule has 2 aliphatic heterocycles. The predicted molar refractivity (Wildman–Crippen MR) is 130 cm³/mol. The number of carbonyl (C=O) groups excluding carboxylic acids is 2. The number of amides is 2. The van der Waals surface area contributed by atoms with E-state index >= 15 is 0 Å². The van der Waals surface area contributed by atoms with Gasteiger partial charge in [0, 0.05) is 49.4 Å². The van der Waals surface area contributed by atoms with E-state index in [1.54, 1.807) is 0 Å². The van der Waals surface area contributed by atoms with Gasteiger partial charge in [-0.25, -0.2) is 4.99 Å². The minimum absolute atomic E-state index is 0.0155. The molecule has 2 amide bonds. The van der Waals surface area contributed by atoms with Crippen LogP contribution >= 0.6 is 0 Å². The van der Waals surface area contributed by atoms with Crippen molar-refractivity contribution in [1.82, 2.24) is 10.2 Å². The molecule has 0 aliphatic carbocycles. The number of carbonyl (C=O) groups is 2. The van der Waals surface area contributed by atoms with E-state index in [0.717, 1.165) is 42.6 Å². The standard InChI is InChI=1S/C26H30N4O3/c1-17(16-31)15-28-25(32)22-12-21-9-8-20(13-23(21)29-24(27)14-22)18-4-6-19(7-5-18)26(33)30-10-2-3-11-30/h4-9,12-13,17,31H,2-3,10-11,14-16H2,1H3,(H2,27,29)(H,28,32). The zero-order valence-electron chi connectivity index (χ0n) is 18.9. The first-order valence-electron chi connectivity index (χ1n) is 11.4. The van der Waals surface area contributed by atoms with Crippen molar-refractivity contribution < 1.29 is 14.7 Å². The quantitative estimate of drug-likeness (QED) is 0.634. The molecule has 1 saturated heterocycles. The van der Waals surface area contributed by atoms with Crippen molar-refractivity contribution in [2.75, 3.05) is 26.2 Å². The number of likely N-dealkylation sites (tertiary alicyclic amines) is 1. The minimum Gasteiger partial charge on any atom is -0.396 e. The molecule has 0 bridgehead atoms. The summed E-state index contributed by atoms with van der Waals surface area (Å²) in [4.78, 5) is 31.6. The molecule has 2 aromatic carbocycles. The van der Waals surface area contributed by atoms with Crippen LogP contribution in [0.15, 0.2) is 53.0 Å². The molecule has 7 heteroatoms. The van der Waals surface area contributed by atoms with Crippen molar-refractivity contribution in [2.24, 2.45) is 16.6 Å². The van der Waals surface area contributed by atoms with Crippen LogP contribution in [0.3, 0.4) is 0 Å². The second-order valence-corrected chi connectivity index (χ2v) is 8.80. The van der Waals surface area contributed by atoms with Crippen LogP contribution in [-0.4, -0.2) is 53.9 Å². The van der Waals surface area contributed by atoms with Gasteiger partial charge in [-0.15, -0.1) is 0 Å². The van der Waals surface area contributed by atoms with E-state index in [2.05, 4.69) is 10.3 Å². The number of hydrogen-bond donors (Lipinski definition) is 3. The first-order valence-corrected chi connectivity index (χ1v) is 11.4. The van der Waals surface area contributed by atoms with E-state index in [1.165, 1.54) is 0 Å². The van der Waals surface area contributed by atoms with Crippen molar-refractivity contribution in [2.45, 2.75) is 26.2 Å². The number of aliphatic hydroxyl groups excluding tert-OH is 1. The third-order valence-corrected chi connectivity index (χ3v) is 6.07. The van der Waals surface area contributed by atoms with Crippen LogP contribution in [0, 0.1) is 5.92 Å². The number of nitrogens with one attached hydrogen (secondary N) is 1. The monoisotopic (exact) mass is 446 g/mol. The fourth-order valence-electron chi connectivity index (χ4n) is 4.07. The molecule has 1 unspecified atom stereocenters. The summed E-state index contributed by atoms with van der Waals surface area (Å²) >= 11 is 0. The van der Waals surface area contributed by atoms with Crippen molar-refractivity contribution in [3.05, 3.63) is 59.2 Å². The number of amidine groups is 1. The molecule has 0 saturated carbocycles. The van der Waals surface area contributed by atoms with Crippen molar-refractivity contribution in [3.63, 3.8) is 0 Å². The SMILES string of the molecule is CC(CO)CNC(=O)C1=Cc2ccc(-c3ccc(C(=O)N4CCCC4)cc3)cc2N=C(N)C1. The third-order valence-electron chi connectivity index (χ3n) is 6.07. The van der Waals surface area contributed by atoms with E-state index in [-0.39, 0.29) is 30.8 Å². The van der Waals surface area contributed by atoms with Gasteiger partial charge in [0.05, 0.1) is 5.69 Å². The van der Waals surface area contributed by atoms with Crippen LogP contribution < -0.4 is 11.1 Å². The average Bonchev–Trinajstić information content (AvgIpc) is 3.31. The van der Waals surface area contributed by atoms with E-state index in [4.69, 9.17) is 10.8 Å². The van der Waals surface area contributed by atoms with Crippen LogP contribution in [0.4, 0.5) is 5.69 Å². The van der Waals surface area contributed by atoms with E-state index in [1.807, 2.05) is 60.4 Å². The van der Waals surface area contributed by atoms with Gasteiger partial charge in [0.2, 0.25) is 5.91 Å². The lowest BCUT2D eigenvalue weighted by Crippen LogP contribution is -2.31. The first kappa shape index (κ1) is 22.7. The molecule has 0 aromatic heterocycles. The van der Waals surface area contributed by atoms with Crippen LogP contribution in [-0.2, 0) is 4.79 Å². The van der Waals surface area contributed by atoms with Crippen molar-refractivity contribution >= 4 is 29.4 Å². The fourth-order valence-corrected chi connectivity index (χ4v) is 4.07. The van der Waals surface area contributed by atoms with Crippen LogP contribution in [0.1, 0.15) is 42.1 Å². The maximum absolute atomic E-state index is 12.6. The molecule has 7 nitrogen and oxygen atoms in total. The number of fused-ring (bicyclic) bond motifs is 1. The molecule has 172 valence electrons. The maximum Gasteiger partial charge on any atom is 0.253 e. The lowest BCUT2D eigenvalue weighted by atomic mass is 10.00. The number of nitrogens with two attached hydrogens (primary N) is 1. The highest BCUT2D eigenvalue weighted by Gasteiger charge is 2.20. The van der Waals surface area contributed by atoms with Gasteiger partial charge in [-0.3, -0.25) is 9.59 Å². The summed E-state index contributed by atoms with van der Waals surface area (Å²) in [7, 11) is 0. The molecule has 2 heterocycles. The topological polar surface area (TPSA) is 108 Å². The molecule has 0 radical (unpaired) electrons. The first-order chi connectivity index (χ1) is 15.9. The summed E-state index contributed by atoms with van der Waals surface area (Å²) in [5.41, 5.74) is 10.8. The van der Waals surface area contributed by atoms with Gasteiger partial charge < -0.3 is 21.1 Å². The number of aliphatic hydroxyl groups is 1. The molecule has 4 rings (SSSR count). The smallest absolute Gasteiger partial charge is 0.253 e. The van der Waals surface area contributed by atoms with E-state index in [0.29, 0.717) is 29.2 Å². The second kappa shape index (κ2) is 10.0. The normalized spacial score (nSPS) is 16.4. The zero-order valence-corrected chi connectivity index (χ0v) is 18.9. The molecule has 2 aliphatic rings. The molecule has 0 spiro atoms. The molecule has 4 N–H and O–H groups in total. The molecular formula is C26H30N4O3. The molecule has 33 heavy (non-hydrogen) atoms. The summed E-state index contributed by atoms with van der Waals surface area (Å²) < 4.78 is 0. The average molecular weight is 447 g/mol.